The number of ketones is 1. The molecule has 204 valence electrons. The van der Waals surface area contributed by atoms with E-state index >= 15 is 0 Å². The average Bonchev–Trinajstić information content (AvgIpc) is 3.36. The summed E-state index contributed by atoms with van der Waals surface area (Å²) in [6.45, 7) is 9.37. The minimum atomic E-state index is -0.811. The molecule has 1 aromatic heterocycles. The van der Waals surface area contributed by atoms with Crippen molar-refractivity contribution in [2.24, 2.45) is 0 Å². The number of aromatic nitrogens is 1. The molecule has 2 N–H and O–H groups in total. The summed E-state index contributed by atoms with van der Waals surface area (Å²) in [6, 6.07) is 6.32. The molecule has 0 aliphatic carbocycles. The number of aliphatic hydroxyl groups excluding tert-OH is 1. The fourth-order valence-corrected chi connectivity index (χ4v) is 5.21. The lowest BCUT2D eigenvalue weighted by Crippen LogP contribution is -2.38. The van der Waals surface area contributed by atoms with Crippen LogP contribution in [0.15, 0.2) is 29.8 Å². The minimum absolute atomic E-state index is 0.0183. The smallest absolute Gasteiger partial charge is 0.355 e. The summed E-state index contributed by atoms with van der Waals surface area (Å²) in [4.78, 5) is 46.0. The van der Waals surface area contributed by atoms with Gasteiger partial charge in [0.25, 0.3) is 11.7 Å². The highest BCUT2D eigenvalue weighted by molar-refractivity contribution is 6.46. The quantitative estimate of drug-likeness (QED) is 0.222. The zero-order valence-corrected chi connectivity index (χ0v) is 22.3. The number of amides is 1. The van der Waals surface area contributed by atoms with Gasteiger partial charge in [0.05, 0.1) is 38.5 Å². The number of aryl methyl sites for hydroxylation is 1. The van der Waals surface area contributed by atoms with Gasteiger partial charge in [-0.25, -0.2) is 4.79 Å². The summed E-state index contributed by atoms with van der Waals surface area (Å²) in [5.41, 5.74) is 2.08. The van der Waals surface area contributed by atoms with E-state index in [-0.39, 0.29) is 23.6 Å². The lowest BCUT2D eigenvalue weighted by molar-refractivity contribution is -0.140. The van der Waals surface area contributed by atoms with Crippen LogP contribution in [0.1, 0.15) is 52.3 Å². The zero-order chi connectivity index (χ0) is 27.4. The number of nitrogens with zero attached hydrogens (tertiary/aromatic N) is 2. The molecule has 0 spiro atoms. The number of rotatable bonds is 9. The third-order valence-corrected chi connectivity index (χ3v) is 7.08. The second-order valence-corrected chi connectivity index (χ2v) is 9.42. The van der Waals surface area contributed by atoms with Gasteiger partial charge in [-0.1, -0.05) is 12.1 Å². The van der Waals surface area contributed by atoms with Crippen molar-refractivity contribution in [1.29, 1.82) is 0 Å². The number of Topliss-reactive ketones (excluding diaryl/α,β-unsaturated/α-hetero) is 1. The van der Waals surface area contributed by atoms with Gasteiger partial charge in [0.2, 0.25) is 0 Å². The van der Waals surface area contributed by atoms with Crippen molar-refractivity contribution in [3.63, 3.8) is 0 Å². The SMILES string of the molecule is CCOC(=O)c1[nH]c(C)c(/C(O)=C2\C(=O)C(=O)N(CCCN3CCOCC3)[C@@H]2c2cccc(OC)c2)c1C. The number of H-pyrrole nitrogens is 1. The van der Waals surface area contributed by atoms with E-state index in [0.29, 0.717) is 54.3 Å². The standard InChI is InChI=1S/C28H35N3O7/c1-5-38-28(35)23-17(2)21(18(3)29-23)25(32)22-24(19-8-6-9-20(16-19)36-4)31(27(34)26(22)33)11-7-10-30-12-14-37-15-13-30/h6,8-9,16,24,29,32H,5,7,10-15H2,1-4H3/b25-22+/t24-/m1/s1. The summed E-state index contributed by atoms with van der Waals surface area (Å²) >= 11 is 0. The second-order valence-electron chi connectivity index (χ2n) is 9.42. The van der Waals surface area contributed by atoms with E-state index in [1.807, 2.05) is 6.07 Å². The first-order chi connectivity index (χ1) is 18.3. The maximum atomic E-state index is 13.4. The van der Waals surface area contributed by atoms with Crippen molar-refractivity contribution in [3.05, 3.63) is 57.9 Å². The molecule has 10 heteroatoms. The molecule has 38 heavy (non-hydrogen) atoms. The molecule has 2 aromatic rings. The normalized spacial score (nSPS) is 19.7. The van der Waals surface area contributed by atoms with Crippen LogP contribution in [-0.4, -0.2) is 90.7 Å². The van der Waals surface area contributed by atoms with Gasteiger partial charge in [-0.2, -0.15) is 0 Å². The number of hydrogen-bond acceptors (Lipinski definition) is 8. The van der Waals surface area contributed by atoms with Gasteiger partial charge in [-0.05, 0) is 50.5 Å². The number of morpholine rings is 1. The second kappa shape index (κ2) is 11.8. The van der Waals surface area contributed by atoms with Crippen molar-refractivity contribution >= 4 is 23.4 Å². The number of benzene rings is 1. The lowest BCUT2D eigenvalue weighted by Gasteiger charge is -2.29. The van der Waals surface area contributed by atoms with E-state index in [1.165, 1.54) is 4.90 Å². The van der Waals surface area contributed by atoms with Gasteiger partial charge in [-0.15, -0.1) is 0 Å². The van der Waals surface area contributed by atoms with Gasteiger partial charge >= 0.3 is 5.97 Å². The van der Waals surface area contributed by atoms with Crippen molar-refractivity contribution in [2.45, 2.75) is 33.2 Å². The number of esters is 1. The highest BCUT2D eigenvalue weighted by Gasteiger charge is 2.46. The van der Waals surface area contributed by atoms with Crippen LogP contribution < -0.4 is 4.74 Å². The first-order valence-electron chi connectivity index (χ1n) is 12.9. The average molecular weight is 526 g/mol. The fourth-order valence-electron chi connectivity index (χ4n) is 5.21. The number of methoxy groups -OCH3 is 1. The molecule has 1 amide bonds. The maximum Gasteiger partial charge on any atom is 0.355 e. The van der Waals surface area contributed by atoms with Gasteiger partial charge in [0.15, 0.2) is 0 Å². The molecular weight excluding hydrogens is 490 g/mol. The molecule has 0 bridgehead atoms. The minimum Gasteiger partial charge on any atom is -0.507 e. The number of ether oxygens (including phenoxy) is 3. The highest BCUT2D eigenvalue weighted by Crippen LogP contribution is 2.41. The molecule has 0 saturated carbocycles. The molecule has 1 atom stereocenters. The topological polar surface area (TPSA) is 121 Å². The van der Waals surface area contributed by atoms with E-state index < -0.39 is 23.7 Å². The summed E-state index contributed by atoms with van der Waals surface area (Å²) in [7, 11) is 1.54. The Bertz CT molecular complexity index is 1240. The van der Waals surface area contributed by atoms with E-state index in [1.54, 1.807) is 46.1 Å². The van der Waals surface area contributed by atoms with Crippen LogP contribution in [0.4, 0.5) is 0 Å². The first-order valence-corrected chi connectivity index (χ1v) is 12.9. The third-order valence-electron chi connectivity index (χ3n) is 7.08. The van der Waals surface area contributed by atoms with E-state index in [9.17, 15) is 19.5 Å². The molecule has 10 nitrogen and oxygen atoms in total. The van der Waals surface area contributed by atoms with Gasteiger partial charge in [0, 0.05) is 37.4 Å². The molecule has 2 fully saturated rings. The van der Waals surface area contributed by atoms with E-state index in [4.69, 9.17) is 14.2 Å². The molecule has 1 aromatic carbocycles. The Labute approximate surface area is 222 Å². The Morgan fingerprint density at radius 3 is 2.61 bits per heavy atom. The van der Waals surface area contributed by atoms with Crippen LogP contribution in [-0.2, 0) is 19.1 Å². The highest BCUT2D eigenvalue weighted by atomic mass is 16.5. The molecule has 2 saturated heterocycles. The molecule has 0 radical (unpaired) electrons. The molecule has 4 rings (SSSR count). The predicted molar refractivity (Wildman–Crippen MR) is 140 cm³/mol. The number of carbonyl (C=O) groups is 3. The Morgan fingerprint density at radius 2 is 1.92 bits per heavy atom. The largest absolute Gasteiger partial charge is 0.507 e. The Kier molecular flexibility index (Phi) is 8.53. The van der Waals surface area contributed by atoms with Gasteiger partial charge in [-0.3, -0.25) is 14.5 Å². The number of hydrogen-bond donors (Lipinski definition) is 2. The Hall–Kier alpha value is -3.63. The lowest BCUT2D eigenvalue weighted by atomic mass is 9.94. The van der Waals surface area contributed by atoms with Crippen molar-refractivity contribution < 1.29 is 33.7 Å². The van der Waals surface area contributed by atoms with Crippen LogP contribution >= 0.6 is 0 Å². The molecule has 3 heterocycles. The summed E-state index contributed by atoms with van der Waals surface area (Å²) in [5, 5.41) is 11.6. The third kappa shape index (κ3) is 5.32. The Morgan fingerprint density at radius 1 is 1.18 bits per heavy atom. The summed E-state index contributed by atoms with van der Waals surface area (Å²) < 4.78 is 15.9. The van der Waals surface area contributed by atoms with Crippen molar-refractivity contribution in [1.82, 2.24) is 14.8 Å². The van der Waals surface area contributed by atoms with Crippen molar-refractivity contribution in [2.75, 3.05) is 53.1 Å². The number of nitrogens with one attached hydrogen (secondary N) is 1. The maximum absolute atomic E-state index is 13.4. The number of carbonyl (C=O) groups excluding carboxylic acids is 3. The number of likely N-dealkylation sites (tertiary alicyclic amines) is 1. The predicted octanol–water partition coefficient (Wildman–Crippen LogP) is 2.96. The number of aromatic amines is 1. The van der Waals surface area contributed by atoms with Crippen LogP contribution in [0.3, 0.4) is 0 Å². The monoisotopic (exact) mass is 525 g/mol. The summed E-state index contributed by atoms with van der Waals surface area (Å²) in [5.74, 6) is -1.74. The van der Waals surface area contributed by atoms with Crippen LogP contribution in [0, 0.1) is 13.8 Å². The van der Waals surface area contributed by atoms with Crippen LogP contribution in [0.25, 0.3) is 5.76 Å². The fraction of sp³-hybridized carbons (Fsp3) is 0.464. The van der Waals surface area contributed by atoms with Gasteiger partial charge < -0.3 is 29.2 Å². The zero-order valence-electron chi connectivity index (χ0n) is 22.3. The molecular formula is C28H35N3O7. The van der Waals surface area contributed by atoms with Crippen LogP contribution in [0.2, 0.25) is 0 Å². The van der Waals surface area contributed by atoms with Crippen molar-refractivity contribution in [3.8, 4) is 5.75 Å². The van der Waals surface area contributed by atoms with Gasteiger partial charge in [0.1, 0.15) is 17.2 Å². The van der Waals surface area contributed by atoms with Crippen LogP contribution in [0.5, 0.6) is 5.75 Å². The molecule has 2 aliphatic rings. The molecule has 0 unspecified atom stereocenters. The Balaban J connectivity index is 1.75. The number of aliphatic hydroxyl groups is 1. The van der Waals surface area contributed by atoms with E-state index in [0.717, 1.165) is 19.6 Å². The first kappa shape index (κ1) is 27.4. The molecule has 2 aliphatic heterocycles. The summed E-state index contributed by atoms with van der Waals surface area (Å²) in [6.07, 6.45) is 0.656. The van der Waals surface area contributed by atoms with E-state index in [2.05, 4.69) is 9.88 Å².